The summed E-state index contributed by atoms with van der Waals surface area (Å²) in [6.07, 6.45) is -1.98. The van der Waals surface area contributed by atoms with E-state index in [-0.39, 0.29) is 42.0 Å². The molecule has 138 valence electrons. The molecule has 0 bridgehead atoms. The second-order valence-electron chi connectivity index (χ2n) is 6.73. The average molecular weight is 358 g/mol. The lowest BCUT2D eigenvalue weighted by Crippen LogP contribution is -2.28. The smallest absolute Gasteiger partial charge is 0.390 e. The Balaban J connectivity index is 1.71. The van der Waals surface area contributed by atoms with Crippen molar-refractivity contribution in [2.24, 2.45) is 11.8 Å². The van der Waals surface area contributed by atoms with E-state index in [9.17, 15) is 23.1 Å². The Kier molecular flexibility index (Phi) is 4.86. The molecule has 0 saturated heterocycles. The minimum Gasteiger partial charge on any atom is -0.390 e. The number of aromatic nitrogens is 4. The number of aromatic amines is 1. The number of halogens is 3. The molecule has 6 nitrogen and oxygen atoms in total. The Hall–Kier alpha value is -1.90. The summed E-state index contributed by atoms with van der Waals surface area (Å²) in [5, 5.41) is 13.9. The third-order valence-electron chi connectivity index (χ3n) is 5.00. The molecule has 3 rings (SSSR count). The van der Waals surface area contributed by atoms with Gasteiger partial charge in [-0.15, -0.1) is 0 Å². The van der Waals surface area contributed by atoms with Crippen LogP contribution in [0.3, 0.4) is 0 Å². The molecular formula is C16H21F3N4O2. The summed E-state index contributed by atoms with van der Waals surface area (Å²) in [6, 6.07) is 0. The van der Waals surface area contributed by atoms with Crippen molar-refractivity contribution in [2.45, 2.75) is 58.4 Å². The van der Waals surface area contributed by atoms with Crippen LogP contribution in [0.1, 0.15) is 43.6 Å². The molecule has 1 aliphatic carbocycles. The first-order chi connectivity index (χ1) is 11.8. The van der Waals surface area contributed by atoms with Crippen LogP contribution in [-0.4, -0.2) is 31.0 Å². The lowest BCUT2D eigenvalue weighted by Gasteiger charge is -2.29. The number of alkyl halides is 3. The maximum Gasteiger partial charge on any atom is 0.391 e. The number of aryl methyl sites for hydroxylation is 2. The first-order valence-electron chi connectivity index (χ1n) is 8.43. The van der Waals surface area contributed by atoms with Crippen LogP contribution in [0.25, 0.3) is 11.0 Å². The van der Waals surface area contributed by atoms with Gasteiger partial charge in [0, 0.05) is 6.54 Å². The van der Waals surface area contributed by atoms with Gasteiger partial charge in [0.05, 0.1) is 12.5 Å². The molecule has 1 aliphatic rings. The van der Waals surface area contributed by atoms with E-state index in [1.807, 2.05) is 0 Å². The molecule has 9 heteroatoms. The lowest BCUT2D eigenvalue weighted by atomic mass is 9.80. The van der Waals surface area contributed by atoms with Crippen LogP contribution < -0.4 is 5.56 Å². The first-order valence-corrected chi connectivity index (χ1v) is 8.43. The Morgan fingerprint density at radius 1 is 1.28 bits per heavy atom. The number of nitrogens with zero attached hydrogens (tertiary/aromatic N) is 3. The van der Waals surface area contributed by atoms with Crippen LogP contribution in [0.4, 0.5) is 13.2 Å². The highest BCUT2D eigenvalue weighted by atomic mass is 19.4. The third kappa shape index (κ3) is 3.70. The summed E-state index contributed by atoms with van der Waals surface area (Å²) in [4.78, 5) is 18.9. The quantitative estimate of drug-likeness (QED) is 0.880. The Morgan fingerprint density at radius 3 is 2.56 bits per heavy atom. The zero-order valence-electron chi connectivity index (χ0n) is 13.9. The van der Waals surface area contributed by atoms with Crippen LogP contribution in [0.15, 0.2) is 4.79 Å². The molecule has 0 aromatic carbocycles. The average Bonchev–Trinajstić information content (AvgIpc) is 2.90. The van der Waals surface area contributed by atoms with Crippen molar-refractivity contribution >= 4 is 11.0 Å². The van der Waals surface area contributed by atoms with Crippen molar-refractivity contribution in [2.75, 3.05) is 0 Å². The van der Waals surface area contributed by atoms with Crippen molar-refractivity contribution < 1.29 is 18.3 Å². The predicted molar refractivity (Wildman–Crippen MR) is 84.9 cm³/mol. The number of nitrogens with one attached hydrogen (secondary N) is 1. The Morgan fingerprint density at radius 2 is 1.96 bits per heavy atom. The van der Waals surface area contributed by atoms with Crippen LogP contribution in [0.2, 0.25) is 0 Å². The van der Waals surface area contributed by atoms with Crippen molar-refractivity contribution in [3.63, 3.8) is 0 Å². The van der Waals surface area contributed by atoms with E-state index in [2.05, 4.69) is 15.1 Å². The van der Waals surface area contributed by atoms with Crippen LogP contribution in [0, 0.1) is 18.8 Å². The third-order valence-corrected chi connectivity index (χ3v) is 5.00. The van der Waals surface area contributed by atoms with E-state index in [4.69, 9.17) is 0 Å². The summed E-state index contributed by atoms with van der Waals surface area (Å²) >= 11 is 0. The number of aliphatic hydroxyl groups excluding tert-OH is 1. The maximum absolute atomic E-state index is 12.7. The van der Waals surface area contributed by atoms with Gasteiger partial charge in [-0.2, -0.15) is 18.3 Å². The molecule has 0 amide bonds. The van der Waals surface area contributed by atoms with Crippen molar-refractivity contribution in [1.82, 2.24) is 19.7 Å². The molecule has 0 atom stereocenters. The topological polar surface area (TPSA) is 83.8 Å². The molecule has 2 aromatic heterocycles. The number of hydrogen-bond acceptors (Lipinski definition) is 4. The van der Waals surface area contributed by atoms with Crippen LogP contribution in [0.5, 0.6) is 0 Å². The highest BCUT2D eigenvalue weighted by Gasteiger charge is 2.41. The van der Waals surface area contributed by atoms with Crippen molar-refractivity contribution in [1.29, 1.82) is 0 Å². The second kappa shape index (κ2) is 6.78. The van der Waals surface area contributed by atoms with Gasteiger partial charge in [-0.1, -0.05) is 0 Å². The van der Waals surface area contributed by atoms with Gasteiger partial charge in [0.2, 0.25) is 0 Å². The van der Waals surface area contributed by atoms with E-state index in [0.717, 1.165) is 0 Å². The van der Waals surface area contributed by atoms with Gasteiger partial charge in [-0.25, -0.2) is 9.67 Å². The molecule has 2 aromatic rings. The standard InChI is InChI=1S/C16H21F3N4O2/c1-9-20-14-13(15(25)21-9)12(8-24)22-23(14)7-6-10-2-4-11(5-3-10)16(17,18)19/h10-11,24H,2-8H2,1H3,(H,20,21,25)/t10-,11-. The largest absolute Gasteiger partial charge is 0.391 e. The highest BCUT2D eigenvalue weighted by molar-refractivity contribution is 5.77. The Bertz CT molecular complexity index is 804. The highest BCUT2D eigenvalue weighted by Crippen LogP contribution is 2.40. The SMILES string of the molecule is Cc1nc2c(c(CO)nn2CC[C@H]2CC[C@H](C(F)(F)F)CC2)c(=O)[nH]1. The van der Waals surface area contributed by atoms with Gasteiger partial charge in [-0.3, -0.25) is 4.79 Å². The van der Waals surface area contributed by atoms with Gasteiger partial charge < -0.3 is 10.1 Å². The molecule has 0 unspecified atom stereocenters. The summed E-state index contributed by atoms with van der Waals surface area (Å²) in [6.45, 7) is 1.76. The van der Waals surface area contributed by atoms with Gasteiger partial charge in [0.25, 0.3) is 5.56 Å². The number of H-pyrrole nitrogens is 1. The molecule has 0 spiro atoms. The second-order valence-corrected chi connectivity index (χ2v) is 6.73. The monoisotopic (exact) mass is 358 g/mol. The summed E-state index contributed by atoms with van der Waals surface area (Å²) < 4.78 is 39.8. The minimum absolute atomic E-state index is 0.174. The van der Waals surface area contributed by atoms with E-state index in [1.165, 1.54) is 0 Å². The molecular weight excluding hydrogens is 337 g/mol. The summed E-state index contributed by atoms with van der Waals surface area (Å²) in [5.74, 6) is -0.523. The number of hydrogen-bond donors (Lipinski definition) is 2. The molecule has 0 aliphatic heterocycles. The van der Waals surface area contributed by atoms with E-state index >= 15 is 0 Å². The van der Waals surface area contributed by atoms with Crippen molar-refractivity contribution in [3.8, 4) is 0 Å². The van der Waals surface area contributed by atoms with E-state index in [0.29, 0.717) is 37.3 Å². The maximum atomic E-state index is 12.7. The van der Waals surface area contributed by atoms with Crippen LogP contribution >= 0.6 is 0 Å². The molecule has 0 radical (unpaired) electrons. The molecule has 1 fully saturated rings. The number of fused-ring (bicyclic) bond motifs is 1. The zero-order valence-corrected chi connectivity index (χ0v) is 13.9. The van der Waals surface area contributed by atoms with Gasteiger partial charge in [0.15, 0.2) is 5.65 Å². The molecule has 2 N–H and O–H groups in total. The van der Waals surface area contributed by atoms with E-state index in [1.54, 1.807) is 11.6 Å². The lowest BCUT2D eigenvalue weighted by molar-refractivity contribution is -0.184. The van der Waals surface area contributed by atoms with Crippen LogP contribution in [-0.2, 0) is 13.2 Å². The molecule has 2 heterocycles. The molecule has 25 heavy (non-hydrogen) atoms. The fraction of sp³-hybridized carbons (Fsp3) is 0.688. The fourth-order valence-corrected chi connectivity index (χ4v) is 3.61. The summed E-state index contributed by atoms with van der Waals surface area (Å²) in [7, 11) is 0. The normalized spacial score (nSPS) is 21.8. The van der Waals surface area contributed by atoms with Crippen molar-refractivity contribution in [3.05, 3.63) is 21.9 Å². The Labute approximate surface area is 142 Å². The fourth-order valence-electron chi connectivity index (χ4n) is 3.61. The zero-order chi connectivity index (χ0) is 18.2. The van der Waals surface area contributed by atoms with Gasteiger partial charge in [-0.05, 0) is 44.9 Å². The first kappa shape index (κ1) is 17.9. The van der Waals surface area contributed by atoms with Gasteiger partial charge in [0.1, 0.15) is 16.9 Å². The minimum atomic E-state index is -4.10. The molecule has 1 saturated carbocycles. The van der Waals surface area contributed by atoms with Gasteiger partial charge >= 0.3 is 6.18 Å². The van der Waals surface area contributed by atoms with E-state index < -0.39 is 12.1 Å². The summed E-state index contributed by atoms with van der Waals surface area (Å²) in [5.41, 5.74) is 0.335. The number of aliphatic hydroxyl groups is 1. The number of rotatable bonds is 4. The predicted octanol–water partition coefficient (Wildman–Crippen LogP) is 2.68.